The summed E-state index contributed by atoms with van der Waals surface area (Å²) in [6, 6.07) is -0.174. The van der Waals surface area contributed by atoms with E-state index in [9.17, 15) is 4.79 Å². The summed E-state index contributed by atoms with van der Waals surface area (Å²) in [7, 11) is 1.40. The van der Waals surface area contributed by atoms with Crippen molar-refractivity contribution in [3.8, 4) is 0 Å². The van der Waals surface area contributed by atoms with Crippen molar-refractivity contribution in [1.29, 1.82) is 0 Å². The Morgan fingerprint density at radius 2 is 2.42 bits per heavy atom. The van der Waals surface area contributed by atoms with E-state index in [-0.39, 0.29) is 18.1 Å². The molecule has 0 aliphatic carbocycles. The van der Waals surface area contributed by atoms with Crippen LogP contribution in [0.2, 0.25) is 0 Å². The molecule has 0 aromatic rings. The molecule has 0 saturated carbocycles. The van der Waals surface area contributed by atoms with Crippen LogP contribution in [0.1, 0.15) is 13.3 Å². The van der Waals surface area contributed by atoms with E-state index in [1.54, 1.807) is 0 Å². The fraction of sp³-hybridized carbons (Fsp3) is 0.875. The van der Waals surface area contributed by atoms with Crippen molar-refractivity contribution in [2.24, 2.45) is 0 Å². The van der Waals surface area contributed by atoms with E-state index >= 15 is 0 Å². The van der Waals surface area contributed by atoms with Crippen LogP contribution in [0.3, 0.4) is 0 Å². The minimum absolute atomic E-state index is 0.166. The lowest BCUT2D eigenvalue weighted by Gasteiger charge is -2.08. The third kappa shape index (κ3) is 2.19. The average molecular weight is 173 g/mol. The van der Waals surface area contributed by atoms with Crippen LogP contribution in [0.4, 0.5) is 0 Å². The van der Waals surface area contributed by atoms with Crippen molar-refractivity contribution >= 4 is 5.97 Å². The number of esters is 1. The third-order valence-corrected chi connectivity index (χ3v) is 1.98. The monoisotopic (exact) mass is 173 g/mol. The van der Waals surface area contributed by atoms with E-state index in [2.05, 4.69) is 10.1 Å². The maximum Gasteiger partial charge on any atom is 0.322 e. The molecular formula is C8H15NO3. The number of methoxy groups -OCH3 is 1. The van der Waals surface area contributed by atoms with Gasteiger partial charge in [0.15, 0.2) is 0 Å². The summed E-state index contributed by atoms with van der Waals surface area (Å²) in [5.41, 5.74) is 0. The summed E-state index contributed by atoms with van der Waals surface area (Å²) in [5.74, 6) is -0.197. The van der Waals surface area contributed by atoms with Crippen molar-refractivity contribution in [3.63, 3.8) is 0 Å². The summed E-state index contributed by atoms with van der Waals surface area (Å²) >= 11 is 0. The van der Waals surface area contributed by atoms with Gasteiger partial charge in [-0.3, -0.25) is 4.79 Å². The molecule has 4 nitrogen and oxygen atoms in total. The van der Waals surface area contributed by atoms with Crippen LogP contribution in [-0.4, -0.2) is 38.4 Å². The zero-order valence-corrected chi connectivity index (χ0v) is 7.50. The Bertz CT molecular complexity index is 160. The summed E-state index contributed by atoms with van der Waals surface area (Å²) in [4.78, 5) is 11.0. The van der Waals surface area contributed by atoms with Gasteiger partial charge in [-0.05, 0) is 6.92 Å². The Kier molecular flexibility index (Phi) is 3.49. The maximum absolute atomic E-state index is 11.0. The van der Waals surface area contributed by atoms with Gasteiger partial charge in [0.2, 0.25) is 0 Å². The van der Waals surface area contributed by atoms with Gasteiger partial charge in [0.25, 0.3) is 0 Å². The Morgan fingerprint density at radius 1 is 1.67 bits per heavy atom. The van der Waals surface area contributed by atoms with Gasteiger partial charge < -0.3 is 14.8 Å². The first-order chi connectivity index (χ1) is 5.77. The van der Waals surface area contributed by atoms with Gasteiger partial charge in [0.1, 0.15) is 6.04 Å². The number of carbonyl (C=O) groups is 1. The van der Waals surface area contributed by atoms with Crippen LogP contribution < -0.4 is 5.32 Å². The minimum Gasteiger partial charge on any atom is -0.468 e. The third-order valence-electron chi connectivity index (χ3n) is 1.98. The molecule has 2 atom stereocenters. The zero-order valence-electron chi connectivity index (χ0n) is 7.50. The quantitative estimate of drug-likeness (QED) is 0.607. The second-order valence-electron chi connectivity index (χ2n) is 2.80. The van der Waals surface area contributed by atoms with E-state index in [0.717, 1.165) is 13.0 Å². The number of nitrogens with one attached hydrogen (secondary N) is 1. The predicted molar refractivity (Wildman–Crippen MR) is 43.8 cm³/mol. The lowest BCUT2D eigenvalue weighted by Crippen LogP contribution is -2.31. The molecule has 0 aromatic carbocycles. The second-order valence-corrected chi connectivity index (χ2v) is 2.80. The van der Waals surface area contributed by atoms with Crippen LogP contribution in [0.5, 0.6) is 0 Å². The number of rotatable bonds is 3. The van der Waals surface area contributed by atoms with Crippen molar-refractivity contribution < 1.29 is 14.3 Å². The first-order valence-electron chi connectivity index (χ1n) is 4.20. The van der Waals surface area contributed by atoms with Gasteiger partial charge in [-0.25, -0.2) is 0 Å². The molecule has 1 saturated heterocycles. The molecule has 0 amide bonds. The van der Waals surface area contributed by atoms with Gasteiger partial charge >= 0.3 is 5.97 Å². The van der Waals surface area contributed by atoms with Gasteiger partial charge in [0.05, 0.1) is 13.2 Å². The molecule has 12 heavy (non-hydrogen) atoms. The molecule has 1 heterocycles. The summed E-state index contributed by atoms with van der Waals surface area (Å²) in [6.07, 6.45) is 0.889. The second kappa shape index (κ2) is 4.42. The predicted octanol–water partition coefficient (Wildman–Crippen LogP) is -0.0736. The van der Waals surface area contributed by atoms with E-state index < -0.39 is 0 Å². The molecule has 1 fully saturated rings. The number of hydrogen-bond donors (Lipinski definition) is 1. The summed E-state index contributed by atoms with van der Waals surface area (Å²) in [5, 5.41) is 3.04. The molecule has 1 aliphatic heterocycles. The molecule has 0 bridgehead atoms. The SMILES string of the molecule is CCO[C@H]1CN[C@H](C(=O)OC)C1. The Labute approximate surface area is 72.2 Å². The molecule has 0 radical (unpaired) electrons. The number of ether oxygens (including phenoxy) is 2. The number of hydrogen-bond acceptors (Lipinski definition) is 4. The van der Waals surface area contributed by atoms with Crippen LogP contribution in [0.15, 0.2) is 0 Å². The fourth-order valence-corrected chi connectivity index (χ4v) is 1.39. The Balaban J connectivity index is 2.30. The molecule has 0 spiro atoms. The van der Waals surface area contributed by atoms with Crippen LogP contribution in [0, 0.1) is 0 Å². The van der Waals surface area contributed by atoms with Gasteiger partial charge in [-0.15, -0.1) is 0 Å². The lowest BCUT2D eigenvalue weighted by atomic mass is 10.2. The van der Waals surface area contributed by atoms with Gasteiger partial charge in [-0.2, -0.15) is 0 Å². The molecule has 1 rings (SSSR count). The van der Waals surface area contributed by atoms with E-state index in [4.69, 9.17) is 4.74 Å². The molecule has 1 aliphatic rings. The van der Waals surface area contributed by atoms with Gasteiger partial charge in [0, 0.05) is 19.6 Å². The van der Waals surface area contributed by atoms with Crippen molar-refractivity contribution in [3.05, 3.63) is 0 Å². The highest BCUT2D eigenvalue weighted by Gasteiger charge is 2.30. The van der Waals surface area contributed by atoms with Crippen LogP contribution in [0.25, 0.3) is 0 Å². The van der Waals surface area contributed by atoms with Crippen molar-refractivity contribution in [2.75, 3.05) is 20.3 Å². The smallest absolute Gasteiger partial charge is 0.322 e. The highest BCUT2D eigenvalue weighted by molar-refractivity contribution is 5.76. The first-order valence-corrected chi connectivity index (χ1v) is 4.20. The van der Waals surface area contributed by atoms with Crippen LogP contribution >= 0.6 is 0 Å². The van der Waals surface area contributed by atoms with Crippen LogP contribution in [-0.2, 0) is 14.3 Å². The van der Waals surface area contributed by atoms with Crippen molar-refractivity contribution in [2.45, 2.75) is 25.5 Å². The first kappa shape index (κ1) is 9.48. The number of carbonyl (C=O) groups excluding carboxylic acids is 1. The summed E-state index contributed by atoms with van der Waals surface area (Å²) in [6.45, 7) is 3.39. The van der Waals surface area contributed by atoms with E-state index in [1.165, 1.54) is 7.11 Å². The molecule has 4 heteroatoms. The average Bonchev–Trinajstić information content (AvgIpc) is 2.52. The van der Waals surface area contributed by atoms with E-state index in [0.29, 0.717) is 6.61 Å². The topological polar surface area (TPSA) is 47.6 Å². The largest absolute Gasteiger partial charge is 0.468 e. The summed E-state index contributed by atoms with van der Waals surface area (Å²) < 4.78 is 9.96. The Morgan fingerprint density at radius 3 is 3.00 bits per heavy atom. The maximum atomic E-state index is 11.0. The van der Waals surface area contributed by atoms with E-state index in [1.807, 2.05) is 6.92 Å². The highest BCUT2D eigenvalue weighted by Crippen LogP contribution is 2.10. The lowest BCUT2D eigenvalue weighted by molar-refractivity contribution is -0.142. The molecule has 1 N–H and O–H groups in total. The van der Waals surface area contributed by atoms with Gasteiger partial charge in [-0.1, -0.05) is 0 Å². The normalized spacial score (nSPS) is 28.8. The Hall–Kier alpha value is -0.610. The molecular weight excluding hydrogens is 158 g/mol. The fourth-order valence-electron chi connectivity index (χ4n) is 1.39. The molecule has 0 aromatic heterocycles. The minimum atomic E-state index is -0.197. The highest BCUT2D eigenvalue weighted by atomic mass is 16.5. The molecule has 70 valence electrons. The van der Waals surface area contributed by atoms with Crippen molar-refractivity contribution in [1.82, 2.24) is 5.32 Å². The standard InChI is InChI=1S/C8H15NO3/c1-3-12-6-4-7(9-5-6)8(10)11-2/h6-7,9H,3-5H2,1-2H3/t6-,7+/m1/s1. The molecule has 0 unspecified atom stereocenters. The zero-order chi connectivity index (χ0) is 8.97.